The van der Waals surface area contributed by atoms with Crippen molar-refractivity contribution in [1.29, 1.82) is 0 Å². The van der Waals surface area contributed by atoms with Crippen LogP contribution in [0, 0.1) is 11.8 Å². The van der Waals surface area contributed by atoms with Crippen LogP contribution >= 0.6 is 0 Å². The van der Waals surface area contributed by atoms with Crippen molar-refractivity contribution < 1.29 is 8.42 Å². The zero-order chi connectivity index (χ0) is 16.2. The maximum Gasteiger partial charge on any atom is 0.155 e. The van der Waals surface area contributed by atoms with Gasteiger partial charge in [-0.15, -0.1) is 0 Å². The van der Waals surface area contributed by atoms with Gasteiger partial charge in [0.2, 0.25) is 0 Å². The lowest BCUT2D eigenvalue weighted by Gasteiger charge is -2.30. The van der Waals surface area contributed by atoms with Crippen molar-refractivity contribution in [3.05, 3.63) is 24.3 Å². The average Bonchev–Trinajstić information content (AvgIpc) is 2.46. The minimum Gasteiger partial charge on any atom is -0.241 e. The van der Waals surface area contributed by atoms with Crippen LogP contribution in [0.2, 0.25) is 0 Å². The van der Waals surface area contributed by atoms with E-state index in [1.165, 1.54) is 0 Å². The molecule has 0 aliphatic heterocycles. The van der Waals surface area contributed by atoms with Gasteiger partial charge in [0.15, 0.2) is 9.84 Å². The Balaban J connectivity index is 1.76. The summed E-state index contributed by atoms with van der Waals surface area (Å²) in [5.74, 6) is 2.30. The Kier molecular flexibility index (Phi) is 5.59. The molecule has 5 heteroatoms. The molecule has 1 aliphatic carbocycles. The summed E-state index contributed by atoms with van der Waals surface area (Å²) in [4.78, 5) is 8.53. The molecule has 0 N–H and O–H groups in total. The monoisotopic (exact) mass is 324 g/mol. The second-order valence-corrected chi connectivity index (χ2v) is 10.3. The highest BCUT2D eigenvalue weighted by molar-refractivity contribution is 7.92. The van der Waals surface area contributed by atoms with Gasteiger partial charge in [-0.1, -0.05) is 12.8 Å². The van der Waals surface area contributed by atoms with Crippen LogP contribution < -0.4 is 0 Å². The number of rotatable bonds is 5. The lowest BCUT2D eigenvalue weighted by Crippen LogP contribution is -2.34. The number of aromatic nitrogens is 2. The van der Waals surface area contributed by atoms with E-state index < -0.39 is 14.6 Å². The Morgan fingerprint density at radius 1 is 1.05 bits per heavy atom. The van der Waals surface area contributed by atoms with E-state index in [-0.39, 0.29) is 0 Å². The Labute approximate surface area is 134 Å². The van der Waals surface area contributed by atoms with E-state index in [1.54, 1.807) is 33.2 Å². The number of aryl methyl sites for hydroxylation is 1. The molecule has 0 saturated heterocycles. The summed E-state index contributed by atoms with van der Waals surface area (Å²) in [6.45, 7) is 5.40. The largest absolute Gasteiger partial charge is 0.241 e. The molecule has 1 aliphatic rings. The third kappa shape index (κ3) is 4.77. The van der Waals surface area contributed by atoms with Gasteiger partial charge in [-0.3, -0.25) is 0 Å². The Bertz CT molecular complexity index is 556. The lowest BCUT2D eigenvalue weighted by atomic mass is 9.81. The fourth-order valence-corrected chi connectivity index (χ4v) is 4.49. The zero-order valence-electron chi connectivity index (χ0n) is 14.0. The molecule has 1 heterocycles. The highest BCUT2D eigenvalue weighted by Crippen LogP contribution is 2.33. The Morgan fingerprint density at radius 2 is 1.59 bits per heavy atom. The third-order valence-electron chi connectivity index (χ3n) is 4.75. The van der Waals surface area contributed by atoms with Gasteiger partial charge < -0.3 is 0 Å². The summed E-state index contributed by atoms with van der Waals surface area (Å²) < 4.78 is 24.0. The Morgan fingerprint density at radius 3 is 2.14 bits per heavy atom. The van der Waals surface area contributed by atoms with Crippen LogP contribution in [0.5, 0.6) is 0 Å². The maximum atomic E-state index is 12.3. The normalized spacial score (nSPS) is 23.4. The van der Waals surface area contributed by atoms with E-state index >= 15 is 0 Å². The quantitative estimate of drug-likeness (QED) is 0.832. The summed E-state index contributed by atoms with van der Waals surface area (Å²) in [5, 5.41) is 0. The second kappa shape index (κ2) is 7.07. The molecule has 0 unspecified atom stereocenters. The molecular formula is C17H28N2O2S. The summed E-state index contributed by atoms with van der Waals surface area (Å²) >= 11 is 0. The highest BCUT2D eigenvalue weighted by Gasteiger charge is 2.33. The van der Waals surface area contributed by atoms with Gasteiger partial charge in [0, 0.05) is 18.8 Å². The van der Waals surface area contributed by atoms with Crippen LogP contribution in [0.3, 0.4) is 0 Å². The smallest absolute Gasteiger partial charge is 0.155 e. The second-order valence-electron chi connectivity index (χ2n) is 7.48. The maximum absolute atomic E-state index is 12.3. The SMILES string of the molecule is CC(C)(C)S(=O)(=O)CC1CCC(CCc2ncccn2)CC1. The van der Waals surface area contributed by atoms with Crippen LogP contribution in [0.4, 0.5) is 0 Å². The van der Waals surface area contributed by atoms with Crippen LogP contribution in [-0.2, 0) is 16.3 Å². The lowest BCUT2D eigenvalue weighted by molar-refractivity contribution is 0.277. The van der Waals surface area contributed by atoms with Crippen LogP contribution in [0.15, 0.2) is 18.5 Å². The van der Waals surface area contributed by atoms with Gasteiger partial charge in [-0.2, -0.15) is 0 Å². The average molecular weight is 324 g/mol. The van der Waals surface area contributed by atoms with Crippen molar-refractivity contribution in [2.45, 2.75) is 64.0 Å². The van der Waals surface area contributed by atoms with Gasteiger partial charge in [-0.25, -0.2) is 18.4 Å². The van der Waals surface area contributed by atoms with Gasteiger partial charge in [0.25, 0.3) is 0 Å². The molecule has 0 bridgehead atoms. The molecule has 1 fully saturated rings. The molecule has 2 rings (SSSR count). The third-order valence-corrected chi connectivity index (χ3v) is 7.53. The summed E-state index contributed by atoms with van der Waals surface area (Å²) in [7, 11) is -2.99. The zero-order valence-corrected chi connectivity index (χ0v) is 14.8. The molecule has 1 saturated carbocycles. The summed E-state index contributed by atoms with van der Waals surface area (Å²) in [6.07, 6.45) is 9.96. The molecule has 4 nitrogen and oxygen atoms in total. The molecular weight excluding hydrogens is 296 g/mol. The summed E-state index contributed by atoms with van der Waals surface area (Å²) in [6, 6.07) is 1.84. The predicted molar refractivity (Wildman–Crippen MR) is 89.3 cm³/mol. The number of hydrogen-bond acceptors (Lipinski definition) is 4. The Hall–Kier alpha value is -0.970. The van der Waals surface area contributed by atoms with E-state index in [0.29, 0.717) is 17.6 Å². The fourth-order valence-electron chi connectivity index (χ4n) is 3.04. The van der Waals surface area contributed by atoms with Crippen molar-refractivity contribution in [1.82, 2.24) is 9.97 Å². The van der Waals surface area contributed by atoms with Crippen molar-refractivity contribution >= 4 is 9.84 Å². The molecule has 0 amide bonds. The number of nitrogens with zero attached hydrogens (tertiary/aromatic N) is 2. The fraction of sp³-hybridized carbons (Fsp3) is 0.765. The first-order valence-corrected chi connectivity index (χ1v) is 9.91. The van der Waals surface area contributed by atoms with Crippen LogP contribution in [-0.4, -0.2) is 28.9 Å². The highest BCUT2D eigenvalue weighted by atomic mass is 32.2. The van der Waals surface area contributed by atoms with Gasteiger partial charge >= 0.3 is 0 Å². The summed E-state index contributed by atoms with van der Waals surface area (Å²) in [5.41, 5.74) is 0. The molecule has 1 aromatic rings. The first kappa shape index (κ1) is 17.4. The molecule has 0 aromatic carbocycles. The minimum atomic E-state index is -2.99. The molecule has 1 aromatic heterocycles. The number of hydrogen-bond donors (Lipinski definition) is 0. The standard InChI is InChI=1S/C17H28N2O2S/c1-17(2,3)22(20,21)13-15-7-5-14(6-8-15)9-10-16-18-11-4-12-19-16/h4,11-12,14-15H,5-10,13H2,1-3H3. The van der Waals surface area contributed by atoms with Gasteiger partial charge in [-0.05, 0) is 57.9 Å². The topological polar surface area (TPSA) is 59.9 Å². The molecule has 22 heavy (non-hydrogen) atoms. The van der Waals surface area contributed by atoms with Crippen molar-refractivity contribution in [3.63, 3.8) is 0 Å². The van der Waals surface area contributed by atoms with Crippen LogP contribution in [0.1, 0.15) is 58.7 Å². The van der Waals surface area contributed by atoms with Crippen LogP contribution in [0.25, 0.3) is 0 Å². The van der Waals surface area contributed by atoms with Gasteiger partial charge in [0.1, 0.15) is 5.82 Å². The predicted octanol–water partition coefficient (Wildman–Crippen LogP) is 3.43. The van der Waals surface area contributed by atoms with Crippen molar-refractivity contribution in [3.8, 4) is 0 Å². The molecule has 0 atom stereocenters. The van der Waals surface area contributed by atoms with Gasteiger partial charge in [0.05, 0.1) is 10.5 Å². The first-order valence-electron chi connectivity index (χ1n) is 8.26. The van der Waals surface area contributed by atoms with Crippen molar-refractivity contribution in [2.24, 2.45) is 11.8 Å². The van der Waals surface area contributed by atoms with Crippen molar-refractivity contribution in [2.75, 3.05) is 5.75 Å². The van der Waals surface area contributed by atoms with E-state index in [9.17, 15) is 8.42 Å². The molecule has 0 radical (unpaired) electrons. The minimum absolute atomic E-state index is 0.341. The first-order chi connectivity index (χ1) is 10.3. The molecule has 124 valence electrons. The molecule has 0 spiro atoms. The van der Waals surface area contributed by atoms with E-state index in [0.717, 1.165) is 44.3 Å². The van der Waals surface area contributed by atoms with E-state index in [1.807, 2.05) is 6.07 Å². The van der Waals surface area contributed by atoms with E-state index in [2.05, 4.69) is 9.97 Å². The number of sulfone groups is 1. The van der Waals surface area contributed by atoms with E-state index in [4.69, 9.17) is 0 Å².